The molecule has 2 aromatic heterocycles. The van der Waals surface area contributed by atoms with Crippen molar-refractivity contribution in [3.8, 4) is 0 Å². The van der Waals surface area contributed by atoms with Crippen LogP contribution in [0.3, 0.4) is 0 Å². The van der Waals surface area contributed by atoms with Gasteiger partial charge < -0.3 is 9.88 Å². The molecule has 27 heavy (non-hydrogen) atoms. The van der Waals surface area contributed by atoms with Gasteiger partial charge in [-0.25, -0.2) is 13.8 Å². The summed E-state index contributed by atoms with van der Waals surface area (Å²) < 4.78 is 29.0. The van der Waals surface area contributed by atoms with Crippen LogP contribution >= 0.6 is 0 Å². The Hall–Kier alpha value is -3.29. The first-order chi connectivity index (χ1) is 13.0. The number of hydrogen-bond donors (Lipinski definition) is 2. The van der Waals surface area contributed by atoms with Crippen molar-refractivity contribution in [3.05, 3.63) is 71.6 Å². The van der Waals surface area contributed by atoms with Gasteiger partial charge in [-0.2, -0.15) is 15.4 Å². The smallest absolute Gasteiger partial charge is 0.204 e. The van der Waals surface area contributed by atoms with E-state index in [4.69, 9.17) is 0 Å². The second-order valence-corrected chi connectivity index (χ2v) is 6.56. The zero-order valence-electron chi connectivity index (χ0n) is 14.8. The number of H-pyrrole nitrogens is 1. The van der Waals surface area contributed by atoms with Crippen LogP contribution < -0.4 is 5.32 Å². The number of anilines is 1. The van der Waals surface area contributed by atoms with Crippen LogP contribution in [0.15, 0.2) is 48.7 Å². The second kappa shape index (κ2) is 6.79. The minimum absolute atomic E-state index is 0.0467. The van der Waals surface area contributed by atoms with Gasteiger partial charge in [0.15, 0.2) is 0 Å². The number of imidazole rings is 1. The van der Waals surface area contributed by atoms with Gasteiger partial charge in [0.1, 0.15) is 23.4 Å². The standard InChI is InChI=1S/C19H18F2N6/c1-11(2)27-17-9-14(21)7-8-15(17)23-19(27)24-18(16-10-22-26-25-16)12-3-5-13(20)6-4-12/h3-11,18H,1-2H3,(H,23,24)(H,22,25,26). The average Bonchev–Trinajstić information content (AvgIpc) is 3.27. The number of hydrogen-bond acceptors (Lipinski definition) is 4. The normalized spacial score (nSPS) is 12.6. The summed E-state index contributed by atoms with van der Waals surface area (Å²) in [6.07, 6.45) is 1.60. The van der Waals surface area contributed by atoms with Gasteiger partial charge in [-0.1, -0.05) is 12.1 Å². The predicted molar refractivity (Wildman–Crippen MR) is 98.3 cm³/mol. The number of aromatic nitrogens is 5. The molecule has 0 saturated heterocycles. The zero-order valence-corrected chi connectivity index (χ0v) is 14.8. The van der Waals surface area contributed by atoms with Crippen molar-refractivity contribution < 1.29 is 8.78 Å². The Kier molecular flexibility index (Phi) is 4.31. The first kappa shape index (κ1) is 17.1. The fourth-order valence-corrected chi connectivity index (χ4v) is 3.15. The highest BCUT2D eigenvalue weighted by Crippen LogP contribution is 2.30. The van der Waals surface area contributed by atoms with Crippen LogP contribution in [-0.2, 0) is 0 Å². The molecule has 0 radical (unpaired) electrons. The highest BCUT2D eigenvalue weighted by molar-refractivity contribution is 5.79. The van der Waals surface area contributed by atoms with Gasteiger partial charge in [-0.15, -0.1) is 0 Å². The summed E-state index contributed by atoms with van der Waals surface area (Å²) in [5.41, 5.74) is 2.82. The maximum Gasteiger partial charge on any atom is 0.204 e. The van der Waals surface area contributed by atoms with Gasteiger partial charge in [0.05, 0.1) is 17.2 Å². The summed E-state index contributed by atoms with van der Waals surface area (Å²) in [5.74, 6) is -0.0621. The lowest BCUT2D eigenvalue weighted by Crippen LogP contribution is -2.17. The fraction of sp³-hybridized carbons (Fsp3) is 0.211. The van der Waals surface area contributed by atoms with Crippen molar-refractivity contribution in [1.82, 2.24) is 25.0 Å². The SMILES string of the molecule is CC(C)n1c(NC(c2ccc(F)cc2)c2cn[nH]n2)nc2ccc(F)cc21. The van der Waals surface area contributed by atoms with E-state index in [1.165, 1.54) is 24.3 Å². The summed E-state index contributed by atoms with van der Waals surface area (Å²) in [7, 11) is 0. The lowest BCUT2D eigenvalue weighted by atomic mass is 10.0. The Bertz CT molecular complexity index is 1050. The molecule has 4 aromatic rings. The van der Waals surface area contributed by atoms with Crippen molar-refractivity contribution in [3.63, 3.8) is 0 Å². The minimum atomic E-state index is -0.400. The first-order valence-corrected chi connectivity index (χ1v) is 8.58. The molecule has 0 aliphatic rings. The molecule has 0 fully saturated rings. The highest BCUT2D eigenvalue weighted by Gasteiger charge is 2.22. The van der Waals surface area contributed by atoms with E-state index in [9.17, 15) is 8.78 Å². The van der Waals surface area contributed by atoms with Crippen molar-refractivity contribution in [2.75, 3.05) is 5.32 Å². The molecule has 0 aliphatic carbocycles. The lowest BCUT2D eigenvalue weighted by molar-refractivity contribution is 0.609. The molecule has 138 valence electrons. The van der Waals surface area contributed by atoms with Crippen LogP contribution in [0.1, 0.15) is 37.2 Å². The molecule has 1 atom stereocenters. The number of aromatic amines is 1. The molecular formula is C19H18F2N6. The lowest BCUT2D eigenvalue weighted by Gasteiger charge is -2.20. The molecule has 0 spiro atoms. The predicted octanol–water partition coefficient (Wildman–Crippen LogP) is 4.22. The number of nitrogens with zero attached hydrogens (tertiary/aromatic N) is 4. The topological polar surface area (TPSA) is 71.4 Å². The monoisotopic (exact) mass is 368 g/mol. The fourth-order valence-electron chi connectivity index (χ4n) is 3.15. The Balaban J connectivity index is 1.82. The number of halogens is 2. The number of benzene rings is 2. The van der Waals surface area contributed by atoms with E-state index in [0.717, 1.165) is 5.56 Å². The summed E-state index contributed by atoms with van der Waals surface area (Å²) >= 11 is 0. The van der Waals surface area contributed by atoms with Gasteiger partial charge in [0, 0.05) is 6.04 Å². The number of nitrogens with one attached hydrogen (secondary N) is 2. The molecule has 1 unspecified atom stereocenters. The summed E-state index contributed by atoms with van der Waals surface area (Å²) in [6.45, 7) is 4.00. The highest BCUT2D eigenvalue weighted by atomic mass is 19.1. The molecule has 4 rings (SSSR count). The number of rotatable bonds is 5. The third-order valence-electron chi connectivity index (χ3n) is 4.37. The second-order valence-electron chi connectivity index (χ2n) is 6.56. The van der Waals surface area contributed by atoms with Crippen LogP contribution in [0.5, 0.6) is 0 Å². The van der Waals surface area contributed by atoms with Crippen LogP contribution in [0.2, 0.25) is 0 Å². The van der Waals surface area contributed by atoms with Crippen LogP contribution in [-0.4, -0.2) is 25.0 Å². The quantitative estimate of drug-likeness (QED) is 0.553. The third-order valence-corrected chi connectivity index (χ3v) is 4.37. The largest absolute Gasteiger partial charge is 0.343 e. The van der Waals surface area contributed by atoms with Gasteiger partial charge in [-0.3, -0.25) is 0 Å². The molecule has 0 amide bonds. The first-order valence-electron chi connectivity index (χ1n) is 8.58. The van der Waals surface area contributed by atoms with E-state index in [0.29, 0.717) is 22.7 Å². The van der Waals surface area contributed by atoms with E-state index in [1.807, 2.05) is 18.4 Å². The van der Waals surface area contributed by atoms with Crippen molar-refractivity contribution >= 4 is 17.0 Å². The van der Waals surface area contributed by atoms with Crippen LogP contribution in [0.4, 0.5) is 14.7 Å². The third kappa shape index (κ3) is 3.25. The zero-order chi connectivity index (χ0) is 19.0. The Morgan fingerprint density at radius 2 is 1.78 bits per heavy atom. The van der Waals surface area contributed by atoms with Gasteiger partial charge >= 0.3 is 0 Å². The molecule has 0 bridgehead atoms. The Morgan fingerprint density at radius 3 is 2.44 bits per heavy atom. The van der Waals surface area contributed by atoms with Crippen molar-refractivity contribution in [2.45, 2.75) is 25.9 Å². The van der Waals surface area contributed by atoms with E-state index >= 15 is 0 Å². The van der Waals surface area contributed by atoms with Gasteiger partial charge in [-0.05, 0) is 49.7 Å². The molecule has 2 aromatic carbocycles. The molecule has 8 heteroatoms. The molecule has 0 saturated carbocycles. The Labute approximate surface area is 154 Å². The summed E-state index contributed by atoms with van der Waals surface area (Å²) in [6, 6.07) is 10.3. The van der Waals surface area contributed by atoms with Crippen LogP contribution in [0, 0.1) is 11.6 Å². The van der Waals surface area contributed by atoms with Gasteiger partial charge in [0.2, 0.25) is 5.95 Å². The summed E-state index contributed by atoms with van der Waals surface area (Å²) in [5, 5.41) is 14.0. The molecule has 2 N–H and O–H groups in total. The van der Waals surface area contributed by atoms with E-state index < -0.39 is 6.04 Å². The van der Waals surface area contributed by atoms with E-state index in [2.05, 4.69) is 25.7 Å². The maximum atomic E-state index is 13.8. The molecule has 0 aliphatic heterocycles. The average molecular weight is 368 g/mol. The number of fused-ring (bicyclic) bond motifs is 1. The molecule has 6 nitrogen and oxygen atoms in total. The molecule has 2 heterocycles. The minimum Gasteiger partial charge on any atom is -0.343 e. The van der Waals surface area contributed by atoms with Crippen molar-refractivity contribution in [1.29, 1.82) is 0 Å². The maximum absolute atomic E-state index is 13.8. The van der Waals surface area contributed by atoms with Gasteiger partial charge in [0.25, 0.3) is 0 Å². The molecular weight excluding hydrogens is 350 g/mol. The summed E-state index contributed by atoms with van der Waals surface area (Å²) in [4.78, 5) is 4.62. The van der Waals surface area contributed by atoms with E-state index in [-0.39, 0.29) is 17.7 Å². The van der Waals surface area contributed by atoms with Crippen LogP contribution in [0.25, 0.3) is 11.0 Å². The Morgan fingerprint density at radius 1 is 1.04 bits per heavy atom. The van der Waals surface area contributed by atoms with E-state index in [1.54, 1.807) is 24.4 Å². The van der Waals surface area contributed by atoms with Crippen molar-refractivity contribution in [2.24, 2.45) is 0 Å².